The smallest absolute Gasteiger partial charge is 0.279 e. The van der Waals surface area contributed by atoms with E-state index in [1.165, 1.54) is 23.5 Å². The molecule has 0 N–H and O–H groups in total. The molecule has 0 saturated heterocycles. The molecule has 0 unspecified atom stereocenters. The second-order valence-electron chi connectivity index (χ2n) is 6.55. The first-order chi connectivity index (χ1) is 13.9. The van der Waals surface area contributed by atoms with E-state index in [2.05, 4.69) is 4.99 Å². The van der Waals surface area contributed by atoms with Crippen molar-refractivity contribution in [2.24, 2.45) is 4.99 Å². The Hall–Kier alpha value is -3.04. The van der Waals surface area contributed by atoms with Crippen LogP contribution in [0.3, 0.4) is 0 Å². The maximum atomic E-state index is 12.7. The van der Waals surface area contributed by atoms with Crippen molar-refractivity contribution in [2.45, 2.75) is 26.5 Å². The molecule has 0 radical (unpaired) electrons. The Morgan fingerprint density at radius 2 is 1.97 bits per heavy atom. The van der Waals surface area contributed by atoms with Gasteiger partial charge in [-0.05, 0) is 44.2 Å². The van der Waals surface area contributed by atoms with E-state index in [1.54, 1.807) is 37.4 Å². The van der Waals surface area contributed by atoms with Gasteiger partial charge in [0.1, 0.15) is 5.75 Å². The molecular formula is C20H21N3O5S. The van der Waals surface area contributed by atoms with Gasteiger partial charge in [0.2, 0.25) is 0 Å². The van der Waals surface area contributed by atoms with E-state index in [0.717, 1.165) is 5.52 Å². The fourth-order valence-corrected chi connectivity index (χ4v) is 3.85. The summed E-state index contributed by atoms with van der Waals surface area (Å²) in [6.45, 7) is 4.75. The third-order valence-corrected chi connectivity index (χ3v) is 5.11. The summed E-state index contributed by atoms with van der Waals surface area (Å²) < 4.78 is 13.3. The number of carbonyl (C=O) groups is 1. The first kappa shape index (κ1) is 20.7. The summed E-state index contributed by atoms with van der Waals surface area (Å²) in [5, 5.41) is 11.1. The van der Waals surface area contributed by atoms with Gasteiger partial charge in [-0.1, -0.05) is 11.3 Å². The standard InChI is InChI=1S/C20H21N3O5S/c1-13(2)28-16-7-4-14(5-8-16)19(24)21-20-22(10-11-27-3)17-9-6-15(23(25)26)12-18(17)29-20/h4-9,12-13H,10-11H2,1-3H3. The van der Waals surface area contributed by atoms with Crippen molar-refractivity contribution >= 4 is 33.1 Å². The number of thiazole rings is 1. The number of benzene rings is 2. The van der Waals surface area contributed by atoms with Gasteiger partial charge in [0.15, 0.2) is 4.80 Å². The molecule has 29 heavy (non-hydrogen) atoms. The summed E-state index contributed by atoms with van der Waals surface area (Å²) in [6.07, 6.45) is 0.0450. The molecule has 0 fully saturated rings. The second kappa shape index (κ2) is 8.97. The Balaban J connectivity index is 2.00. The number of hydrogen-bond donors (Lipinski definition) is 0. The Morgan fingerprint density at radius 1 is 1.24 bits per heavy atom. The zero-order valence-corrected chi connectivity index (χ0v) is 17.1. The monoisotopic (exact) mass is 415 g/mol. The van der Waals surface area contributed by atoms with Crippen LogP contribution in [0, 0.1) is 10.1 Å². The summed E-state index contributed by atoms with van der Waals surface area (Å²) in [5.41, 5.74) is 1.20. The molecule has 9 heteroatoms. The van der Waals surface area contributed by atoms with Gasteiger partial charge in [-0.15, -0.1) is 0 Å². The van der Waals surface area contributed by atoms with Crippen LogP contribution in [-0.2, 0) is 11.3 Å². The maximum absolute atomic E-state index is 12.7. The number of hydrogen-bond acceptors (Lipinski definition) is 6. The van der Waals surface area contributed by atoms with Crippen LogP contribution in [0.15, 0.2) is 47.5 Å². The molecule has 8 nitrogen and oxygen atoms in total. The van der Waals surface area contributed by atoms with E-state index >= 15 is 0 Å². The molecule has 2 aromatic carbocycles. The minimum absolute atomic E-state index is 0.00346. The lowest BCUT2D eigenvalue weighted by Gasteiger charge is -2.09. The topological polar surface area (TPSA) is 96.0 Å². The van der Waals surface area contributed by atoms with Crippen molar-refractivity contribution < 1.29 is 19.2 Å². The van der Waals surface area contributed by atoms with Gasteiger partial charge in [-0.3, -0.25) is 14.9 Å². The maximum Gasteiger partial charge on any atom is 0.279 e. The minimum Gasteiger partial charge on any atom is -0.491 e. The fraction of sp³-hybridized carbons (Fsp3) is 0.300. The Kier molecular flexibility index (Phi) is 6.40. The Morgan fingerprint density at radius 3 is 2.59 bits per heavy atom. The first-order valence-electron chi connectivity index (χ1n) is 9.01. The van der Waals surface area contributed by atoms with Crippen LogP contribution in [0.2, 0.25) is 0 Å². The lowest BCUT2D eigenvalue weighted by molar-refractivity contribution is -0.384. The molecular weight excluding hydrogens is 394 g/mol. The van der Waals surface area contributed by atoms with E-state index in [-0.39, 0.29) is 11.8 Å². The number of aromatic nitrogens is 1. The van der Waals surface area contributed by atoms with Crippen LogP contribution in [0.25, 0.3) is 10.2 Å². The molecule has 0 aliphatic rings. The molecule has 1 amide bonds. The lowest BCUT2D eigenvalue weighted by atomic mass is 10.2. The van der Waals surface area contributed by atoms with Gasteiger partial charge >= 0.3 is 0 Å². The summed E-state index contributed by atoms with van der Waals surface area (Å²) >= 11 is 1.23. The molecule has 152 valence electrons. The number of methoxy groups -OCH3 is 1. The number of nitro groups is 1. The second-order valence-corrected chi connectivity index (χ2v) is 7.56. The number of ether oxygens (including phenoxy) is 2. The summed E-state index contributed by atoms with van der Waals surface area (Å²) in [5.74, 6) is 0.286. The molecule has 0 spiro atoms. The van der Waals surface area contributed by atoms with Crippen LogP contribution in [0.4, 0.5) is 5.69 Å². The molecule has 0 atom stereocenters. The minimum atomic E-state index is -0.443. The van der Waals surface area contributed by atoms with Crippen LogP contribution >= 0.6 is 11.3 Å². The van der Waals surface area contributed by atoms with E-state index in [1.807, 2.05) is 18.4 Å². The van der Waals surface area contributed by atoms with Crippen LogP contribution in [0.1, 0.15) is 24.2 Å². The highest BCUT2D eigenvalue weighted by molar-refractivity contribution is 7.16. The van der Waals surface area contributed by atoms with Gasteiger partial charge < -0.3 is 14.0 Å². The summed E-state index contributed by atoms with van der Waals surface area (Å²) in [4.78, 5) is 28.0. The number of carbonyl (C=O) groups excluding carboxylic acids is 1. The average Bonchev–Trinajstić information content (AvgIpc) is 3.02. The number of non-ortho nitro benzene ring substituents is 1. The molecule has 1 heterocycles. The zero-order chi connectivity index (χ0) is 21.0. The molecule has 1 aromatic heterocycles. The van der Waals surface area contributed by atoms with Crippen molar-refractivity contribution in [3.63, 3.8) is 0 Å². The molecule has 0 aliphatic carbocycles. The van der Waals surface area contributed by atoms with Gasteiger partial charge in [-0.2, -0.15) is 4.99 Å². The number of nitro benzene ring substituents is 1. The number of fused-ring (bicyclic) bond motifs is 1. The van der Waals surface area contributed by atoms with Crippen molar-refractivity contribution in [1.29, 1.82) is 0 Å². The predicted molar refractivity (Wildman–Crippen MR) is 110 cm³/mol. The van der Waals surface area contributed by atoms with Gasteiger partial charge in [0, 0.05) is 31.4 Å². The highest BCUT2D eigenvalue weighted by Gasteiger charge is 2.13. The van der Waals surface area contributed by atoms with Gasteiger partial charge in [0.25, 0.3) is 11.6 Å². The predicted octanol–water partition coefficient (Wildman–Crippen LogP) is 3.79. The Bertz CT molecular complexity index is 1100. The normalized spacial score (nSPS) is 11.9. The molecule has 0 bridgehead atoms. The third kappa shape index (κ3) is 4.87. The van der Waals surface area contributed by atoms with Crippen molar-refractivity contribution in [3.8, 4) is 5.75 Å². The van der Waals surface area contributed by atoms with E-state index in [4.69, 9.17) is 9.47 Å². The van der Waals surface area contributed by atoms with Crippen LogP contribution in [-0.4, -0.2) is 35.2 Å². The molecule has 0 saturated carbocycles. The van der Waals surface area contributed by atoms with Crippen molar-refractivity contribution in [3.05, 3.63) is 62.9 Å². The van der Waals surface area contributed by atoms with E-state index < -0.39 is 10.8 Å². The molecule has 0 aliphatic heterocycles. The number of rotatable bonds is 7. The zero-order valence-electron chi connectivity index (χ0n) is 16.3. The van der Waals surface area contributed by atoms with Crippen molar-refractivity contribution in [1.82, 2.24) is 4.57 Å². The Labute approximate surface area is 171 Å². The van der Waals surface area contributed by atoms with Crippen LogP contribution < -0.4 is 9.54 Å². The largest absolute Gasteiger partial charge is 0.491 e. The SMILES string of the molecule is COCCn1c(=NC(=O)c2ccc(OC(C)C)cc2)sc2cc([N+](=O)[O-])ccc21. The third-order valence-electron chi connectivity index (χ3n) is 4.07. The van der Waals surface area contributed by atoms with Gasteiger partial charge in [-0.25, -0.2) is 0 Å². The molecule has 3 rings (SSSR count). The average molecular weight is 415 g/mol. The highest BCUT2D eigenvalue weighted by atomic mass is 32.1. The van der Waals surface area contributed by atoms with Gasteiger partial charge in [0.05, 0.1) is 27.9 Å². The van der Waals surface area contributed by atoms with E-state index in [0.29, 0.717) is 34.0 Å². The first-order valence-corrected chi connectivity index (χ1v) is 9.83. The number of amides is 1. The molecule has 3 aromatic rings. The lowest BCUT2D eigenvalue weighted by Crippen LogP contribution is -2.19. The number of nitrogens with zero attached hydrogens (tertiary/aromatic N) is 3. The summed E-state index contributed by atoms with van der Waals surface area (Å²) in [6, 6.07) is 11.4. The highest BCUT2D eigenvalue weighted by Crippen LogP contribution is 2.23. The van der Waals surface area contributed by atoms with Crippen LogP contribution in [0.5, 0.6) is 5.75 Å². The summed E-state index contributed by atoms with van der Waals surface area (Å²) in [7, 11) is 1.59. The van der Waals surface area contributed by atoms with Crippen molar-refractivity contribution in [2.75, 3.05) is 13.7 Å². The quantitative estimate of drug-likeness (QED) is 0.432. The fourth-order valence-electron chi connectivity index (χ4n) is 2.76. The van der Waals surface area contributed by atoms with E-state index in [9.17, 15) is 14.9 Å².